The topological polar surface area (TPSA) is 21.3 Å². The molecule has 0 aromatic heterocycles. The summed E-state index contributed by atoms with van der Waals surface area (Å²) >= 11 is 12.2. The van der Waals surface area contributed by atoms with E-state index in [1.165, 1.54) is 0 Å². The molecule has 0 spiro atoms. The molecule has 0 saturated carbocycles. The minimum atomic E-state index is 0.615. The molecule has 0 heterocycles. The summed E-state index contributed by atoms with van der Waals surface area (Å²) < 4.78 is 5.13. The Kier molecular flexibility index (Phi) is 4.56. The van der Waals surface area contributed by atoms with Crippen LogP contribution in [0.3, 0.4) is 0 Å². The molecule has 0 aliphatic carbocycles. The maximum atomic E-state index is 6.09. The van der Waals surface area contributed by atoms with Crippen molar-refractivity contribution >= 4 is 28.9 Å². The van der Waals surface area contributed by atoms with Gasteiger partial charge in [0, 0.05) is 17.3 Å². The van der Waals surface area contributed by atoms with Crippen molar-refractivity contribution in [1.82, 2.24) is 0 Å². The average molecular weight is 296 g/mol. The monoisotopic (exact) mass is 295 g/mol. The molecule has 0 atom stereocenters. The molecular weight excluding hydrogens is 281 g/mol. The molecule has 2 nitrogen and oxygen atoms in total. The van der Waals surface area contributed by atoms with Gasteiger partial charge < -0.3 is 10.1 Å². The molecule has 100 valence electrons. The lowest BCUT2D eigenvalue weighted by Gasteiger charge is -2.11. The average Bonchev–Trinajstić information content (AvgIpc) is 2.40. The fourth-order valence-electron chi connectivity index (χ4n) is 1.82. The number of nitrogens with one attached hydrogen (secondary N) is 1. The van der Waals surface area contributed by atoms with Crippen molar-refractivity contribution in [2.24, 2.45) is 0 Å². The van der Waals surface area contributed by atoms with Crippen LogP contribution >= 0.6 is 23.2 Å². The Morgan fingerprint density at radius 1 is 1.11 bits per heavy atom. The van der Waals surface area contributed by atoms with E-state index in [0.717, 1.165) is 21.8 Å². The van der Waals surface area contributed by atoms with E-state index in [4.69, 9.17) is 27.9 Å². The normalized spacial score (nSPS) is 10.3. The third-order valence-electron chi connectivity index (χ3n) is 2.97. The molecule has 0 bridgehead atoms. The highest BCUT2D eigenvalue weighted by molar-refractivity contribution is 6.32. The Hall–Kier alpha value is -1.38. The largest absolute Gasteiger partial charge is 0.495 e. The zero-order valence-corrected chi connectivity index (χ0v) is 12.3. The first-order valence-corrected chi connectivity index (χ1v) is 6.69. The first kappa shape index (κ1) is 14.0. The van der Waals surface area contributed by atoms with Crippen LogP contribution in [0.1, 0.15) is 11.1 Å². The van der Waals surface area contributed by atoms with Gasteiger partial charge in [-0.1, -0.05) is 35.3 Å². The smallest absolute Gasteiger partial charge is 0.137 e. The first-order chi connectivity index (χ1) is 9.11. The zero-order chi connectivity index (χ0) is 13.8. The van der Waals surface area contributed by atoms with Crippen molar-refractivity contribution in [3.63, 3.8) is 0 Å². The van der Waals surface area contributed by atoms with E-state index in [2.05, 4.69) is 5.32 Å². The molecule has 0 saturated heterocycles. The van der Waals surface area contributed by atoms with Gasteiger partial charge in [0.1, 0.15) is 5.75 Å². The molecule has 0 aliphatic heterocycles. The summed E-state index contributed by atoms with van der Waals surface area (Å²) in [5.74, 6) is 0.685. The van der Waals surface area contributed by atoms with Crippen LogP contribution in [0.25, 0.3) is 0 Å². The fraction of sp³-hybridized carbons (Fsp3) is 0.200. The van der Waals surface area contributed by atoms with Crippen molar-refractivity contribution in [3.05, 3.63) is 57.6 Å². The van der Waals surface area contributed by atoms with Crippen LogP contribution in [0.4, 0.5) is 5.69 Å². The van der Waals surface area contributed by atoms with Crippen LogP contribution < -0.4 is 10.1 Å². The van der Waals surface area contributed by atoms with Gasteiger partial charge in [-0.2, -0.15) is 0 Å². The van der Waals surface area contributed by atoms with Gasteiger partial charge in [-0.25, -0.2) is 0 Å². The second kappa shape index (κ2) is 6.18. The molecular formula is C15H15Cl2NO. The summed E-state index contributed by atoms with van der Waals surface area (Å²) in [7, 11) is 1.61. The van der Waals surface area contributed by atoms with Crippen molar-refractivity contribution in [2.75, 3.05) is 12.4 Å². The van der Waals surface area contributed by atoms with Crippen molar-refractivity contribution < 1.29 is 4.74 Å². The molecule has 0 aliphatic rings. The zero-order valence-electron chi connectivity index (χ0n) is 10.8. The van der Waals surface area contributed by atoms with E-state index in [9.17, 15) is 0 Å². The number of halogens is 2. The van der Waals surface area contributed by atoms with Crippen LogP contribution in [0.15, 0.2) is 36.4 Å². The molecule has 2 rings (SSSR count). The summed E-state index contributed by atoms with van der Waals surface area (Å²) in [6.07, 6.45) is 0. The van der Waals surface area contributed by atoms with Gasteiger partial charge in [-0.05, 0) is 42.3 Å². The van der Waals surface area contributed by atoms with E-state index in [1.54, 1.807) is 7.11 Å². The highest BCUT2D eigenvalue weighted by Gasteiger charge is 2.04. The quantitative estimate of drug-likeness (QED) is 0.864. The molecule has 4 heteroatoms. The Morgan fingerprint density at radius 3 is 2.58 bits per heavy atom. The van der Waals surface area contributed by atoms with Crippen LogP contribution in [0.5, 0.6) is 5.75 Å². The van der Waals surface area contributed by atoms with E-state index in [1.807, 2.05) is 43.3 Å². The third-order valence-corrected chi connectivity index (χ3v) is 3.67. The van der Waals surface area contributed by atoms with Crippen molar-refractivity contribution in [3.8, 4) is 5.75 Å². The lowest BCUT2D eigenvalue weighted by Crippen LogP contribution is -2.01. The molecule has 0 amide bonds. The van der Waals surface area contributed by atoms with Crippen molar-refractivity contribution in [1.29, 1.82) is 0 Å². The highest BCUT2D eigenvalue weighted by Crippen LogP contribution is 2.26. The Balaban J connectivity index is 2.10. The van der Waals surface area contributed by atoms with Gasteiger partial charge in [0.15, 0.2) is 0 Å². The Bertz CT molecular complexity index is 584. The Morgan fingerprint density at radius 2 is 1.89 bits per heavy atom. The predicted molar refractivity (Wildman–Crippen MR) is 81.5 cm³/mol. The minimum Gasteiger partial charge on any atom is -0.495 e. The third kappa shape index (κ3) is 3.34. The number of benzene rings is 2. The second-order valence-electron chi connectivity index (χ2n) is 4.23. The lowest BCUT2D eigenvalue weighted by molar-refractivity contribution is 0.415. The van der Waals surface area contributed by atoms with Crippen LogP contribution in [-0.2, 0) is 6.54 Å². The molecule has 0 fully saturated rings. The summed E-state index contributed by atoms with van der Waals surface area (Å²) in [4.78, 5) is 0. The van der Waals surface area contributed by atoms with Crippen LogP contribution in [-0.4, -0.2) is 7.11 Å². The lowest BCUT2D eigenvalue weighted by atomic mass is 10.1. The summed E-state index contributed by atoms with van der Waals surface area (Å²) in [6, 6.07) is 11.6. The number of rotatable bonds is 4. The van der Waals surface area contributed by atoms with Gasteiger partial charge in [0.05, 0.1) is 12.1 Å². The molecule has 0 radical (unpaired) electrons. The van der Waals surface area contributed by atoms with Gasteiger partial charge in [-0.15, -0.1) is 0 Å². The van der Waals surface area contributed by atoms with Gasteiger partial charge >= 0.3 is 0 Å². The molecule has 1 N–H and O–H groups in total. The molecule has 19 heavy (non-hydrogen) atoms. The summed E-state index contributed by atoms with van der Waals surface area (Å²) in [5, 5.41) is 4.73. The Labute approximate surface area is 123 Å². The first-order valence-electron chi connectivity index (χ1n) is 5.93. The number of ether oxygens (including phenoxy) is 1. The number of anilines is 1. The summed E-state index contributed by atoms with van der Waals surface area (Å²) in [6.45, 7) is 2.68. The molecule has 0 unspecified atom stereocenters. The SMILES string of the molecule is COc1ccc(CNc2cccc(Cl)c2C)cc1Cl. The van der Waals surface area contributed by atoms with E-state index >= 15 is 0 Å². The second-order valence-corrected chi connectivity index (χ2v) is 5.05. The minimum absolute atomic E-state index is 0.615. The van der Waals surface area contributed by atoms with Crippen LogP contribution in [0, 0.1) is 6.92 Å². The highest BCUT2D eigenvalue weighted by atomic mass is 35.5. The maximum Gasteiger partial charge on any atom is 0.137 e. The molecule has 2 aromatic carbocycles. The van der Waals surface area contributed by atoms with Crippen LogP contribution in [0.2, 0.25) is 10.0 Å². The van der Waals surface area contributed by atoms with Gasteiger partial charge in [0.2, 0.25) is 0 Å². The van der Waals surface area contributed by atoms with Gasteiger partial charge in [0.25, 0.3) is 0 Å². The van der Waals surface area contributed by atoms with E-state index in [0.29, 0.717) is 17.3 Å². The standard InChI is InChI=1S/C15H15Cl2NO/c1-10-12(16)4-3-5-14(10)18-9-11-6-7-15(19-2)13(17)8-11/h3-8,18H,9H2,1-2H3. The molecule has 2 aromatic rings. The fourth-order valence-corrected chi connectivity index (χ4v) is 2.27. The van der Waals surface area contributed by atoms with E-state index < -0.39 is 0 Å². The maximum absolute atomic E-state index is 6.09. The summed E-state index contributed by atoms with van der Waals surface area (Å²) in [5.41, 5.74) is 3.16. The number of hydrogen-bond donors (Lipinski definition) is 1. The predicted octanol–water partition coefficient (Wildman–Crippen LogP) is 4.92. The van der Waals surface area contributed by atoms with Gasteiger partial charge in [-0.3, -0.25) is 0 Å². The number of methoxy groups -OCH3 is 1. The van der Waals surface area contributed by atoms with E-state index in [-0.39, 0.29) is 0 Å². The number of hydrogen-bond acceptors (Lipinski definition) is 2. The van der Waals surface area contributed by atoms with Crippen molar-refractivity contribution in [2.45, 2.75) is 13.5 Å².